The van der Waals surface area contributed by atoms with Crippen molar-refractivity contribution in [3.8, 4) is 0 Å². The van der Waals surface area contributed by atoms with Crippen LogP contribution in [0.5, 0.6) is 0 Å². The van der Waals surface area contributed by atoms with Gasteiger partial charge in [0, 0.05) is 39.3 Å². The second kappa shape index (κ2) is 9.11. The first-order valence-electron chi connectivity index (χ1n) is 10.3. The molecule has 2 aromatic rings. The molecule has 29 heavy (non-hydrogen) atoms. The van der Waals surface area contributed by atoms with E-state index in [1.807, 2.05) is 36.9 Å². The normalized spacial score (nSPS) is 16.7. The van der Waals surface area contributed by atoms with Crippen molar-refractivity contribution in [2.24, 2.45) is 13.0 Å². The highest BCUT2D eigenvalue weighted by Crippen LogP contribution is 2.22. The number of aryl methyl sites for hydroxylation is 1. The molecule has 1 aromatic heterocycles. The Morgan fingerprint density at radius 3 is 2.76 bits per heavy atom. The lowest BCUT2D eigenvalue weighted by molar-refractivity contribution is -0.125. The predicted octanol–water partition coefficient (Wildman–Crippen LogP) is 1.80. The quantitative estimate of drug-likeness (QED) is 0.805. The van der Waals surface area contributed by atoms with Crippen molar-refractivity contribution in [2.45, 2.75) is 46.2 Å². The molecule has 156 valence electrons. The zero-order valence-electron chi connectivity index (χ0n) is 17.5. The predicted molar refractivity (Wildman–Crippen MR) is 114 cm³/mol. The number of aromatic nitrogens is 2. The van der Waals surface area contributed by atoms with Crippen LogP contribution in [0.25, 0.3) is 0 Å². The van der Waals surface area contributed by atoms with E-state index in [0.717, 1.165) is 35.9 Å². The Hall–Kier alpha value is -2.83. The van der Waals surface area contributed by atoms with Gasteiger partial charge in [0.05, 0.1) is 5.92 Å². The van der Waals surface area contributed by atoms with Crippen molar-refractivity contribution in [3.63, 3.8) is 0 Å². The first-order chi connectivity index (χ1) is 13.9. The summed E-state index contributed by atoms with van der Waals surface area (Å²) in [6.07, 6.45) is 2.44. The van der Waals surface area contributed by atoms with Crippen LogP contribution in [0.15, 0.2) is 39.9 Å². The summed E-state index contributed by atoms with van der Waals surface area (Å²) < 4.78 is 2.78. The minimum atomic E-state index is -0.316. The Bertz CT molecular complexity index is 992. The van der Waals surface area contributed by atoms with Gasteiger partial charge in [0.2, 0.25) is 5.91 Å². The van der Waals surface area contributed by atoms with Crippen molar-refractivity contribution < 1.29 is 4.79 Å². The Kier molecular flexibility index (Phi) is 6.56. The van der Waals surface area contributed by atoms with Crippen molar-refractivity contribution in [2.75, 3.05) is 18.0 Å². The monoisotopic (exact) mass is 398 g/mol. The molecule has 0 bridgehead atoms. The molecule has 0 aliphatic carbocycles. The van der Waals surface area contributed by atoms with Crippen LogP contribution in [0.4, 0.5) is 5.82 Å². The second-order valence-corrected chi connectivity index (χ2v) is 7.83. The third-order valence-corrected chi connectivity index (χ3v) is 5.49. The zero-order chi connectivity index (χ0) is 21.0. The first kappa shape index (κ1) is 20.9. The van der Waals surface area contributed by atoms with Gasteiger partial charge < -0.3 is 10.2 Å². The smallest absolute Gasteiger partial charge is 0.332 e. The fourth-order valence-corrected chi connectivity index (χ4v) is 3.91. The second-order valence-electron chi connectivity index (χ2n) is 7.83. The van der Waals surface area contributed by atoms with E-state index >= 15 is 0 Å². The van der Waals surface area contributed by atoms with E-state index in [1.54, 1.807) is 4.57 Å². The van der Waals surface area contributed by atoms with E-state index in [0.29, 0.717) is 25.5 Å². The molecule has 1 fully saturated rings. The molecule has 1 aliphatic rings. The lowest BCUT2D eigenvalue weighted by Crippen LogP contribution is -2.47. The number of nitrogens with one attached hydrogen (secondary N) is 1. The van der Waals surface area contributed by atoms with Crippen molar-refractivity contribution in [1.29, 1.82) is 0 Å². The topological polar surface area (TPSA) is 76.3 Å². The van der Waals surface area contributed by atoms with Crippen LogP contribution in [0.1, 0.15) is 37.3 Å². The number of carbonyl (C=O) groups excluding carboxylic acids is 1. The van der Waals surface area contributed by atoms with Crippen molar-refractivity contribution >= 4 is 11.7 Å². The highest BCUT2D eigenvalue weighted by Gasteiger charge is 2.27. The van der Waals surface area contributed by atoms with Crippen molar-refractivity contribution in [3.05, 3.63) is 62.3 Å². The van der Waals surface area contributed by atoms with Crippen molar-refractivity contribution in [1.82, 2.24) is 14.5 Å². The minimum absolute atomic E-state index is 0.0180. The molecule has 2 heterocycles. The van der Waals surface area contributed by atoms with Gasteiger partial charge in [-0.3, -0.25) is 18.7 Å². The maximum atomic E-state index is 12.8. The van der Waals surface area contributed by atoms with E-state index in [-0.39, 0.29) is 23.1 Å². The lowest BCUT2D eigenvalue weighted by atomic mass is 9.97. The molecule has 1 unspecified atom stereocenters. The number of hydrogen-bond donors (Lipinski definition) is 1. The molecule has 0 radical (unpaired) electrons. The van der Waals surface area contributed by atoms with Gasteiger partial charge in [-0.1, -0.05) is 36.8 Å². The van der Waals surface area contributed by atoms with E-state index in [2.05, 4.69) is 11.4 Å². The SMILES string of the molecule is CCCn1c(N2CCCC(C(=O)NCc3cccc(C)c3)C2)cc(=O)n(C)c1=O. The van der Waals surface area contributed by atoms with Crippen LogP contribution in [0.3, 0.4) is 0 Å². The standard InChI is InChI=1S/C22H30N4O3/c1-4-10-26-19(13-20(27)24(3)22(26)29)25-11-6-9-18(15-25)21(28)23-14-17-8-5-7-16(2)12-17/h5,7-8,12-13,18H,4,6,9-11,14-15H2,1-3H3,(H,23,28). The summed E-state index contributed by atoms with van der Waals surface area (Å²) in [6.45, 7) is 6.32. The average molecular weight is 399 g/mol. The number of carbonyl (C=O) groups is 1. The summed E-state index contributed by atoms with van der Waals surface area (Å²) >= 11 is 0. The highest BCUT2D eigenvalue weighted by atomic mass is 16.2. The third-order valence-electron chi connectivity index (χ3n) is 5.49. The molecule has 1 N–H and O–H groups in total. The molecule has 1 saturated heterocycles. The van der Waals surface area contributed by atoms with Gasteiger partial charge in [0.15, 0.2) is 0 Å². The molecule has 0 saturated carbocycles. The third kappa shape index (κ3) is 4.78. The fraction of sp³-hybridized carbons (Fsp3) is 0.500. The van der Waals surface area contributed by atoms with Crippen LogP contribution < -0.4 is 21.5 Å². The minimum Gasteiger partial charge on any atom is -0.357 e. The Morgan fingerprint density at radius 2 is 2.03 bits per heavy atom. The number of benzene rings is 1. The number of anilines is 1. The molecular weight excluding hydrogens is 368 g/mol. The van der Waals surface area contributed by atoms with Gasteiger partial charge >= 0.3 is 5.69 Å². The summed E-state index contributed by atoms with van der Waals surface area (Å²) in [5, 5.41) is 3.04. The Labute approximate surface area is 171 Å². The van der Waals surface area contributed by atoms with E-state index in [4.69, 9.17) is 0 Å². The van der Waals surface area contributed by atoms with Gasteiger partial charge in [0.1, 0.15) is 5.82 Å². The maximum Gasteiger partial charge on any atom is 0.332 e. The van der Waals surface area contributed by atoms with Crippen LogP contribution in [-0.4, -0.2) is 28.1 Å². The van der Waals surface area contributed by atoms with E-state index in [1.165, 1.54) is 18.7 Å². The number of hydrogen-bond acceptors (Lipinski definition) is 4. The number of rotatable bonds is 6. The van der Waals surface area contributed by atoms with E-state index in [9.17, 15) is 14.4 Å². The Morgan fingerprint density at radius 1 is 1.24 bits per heavy atom. The van der Waals surface area contributed by atoms with E-state index < -0.39 is 0 Å². The van der Waals surface area contributed by atoms with Gasteiger partial charge in [0.25, 0.3) is 5.56 Å². The van der Waals surface area contributed by atoms with Crippen LogP contribution >= 0.6 is 0 Å². The van der Waals surface area contributed by atoms with Gasteiger partial charge in [-0.15, -0.1) is 0 Å². The first-order valence-corrected chi connectivity index (χ1v) is 10.3. The van der Waals surface area contributed by atoms with Crippen LogP contribution in [-0.2, 0) is 24.9 Å². The molecule has 1 amide bonds. The van der Waals surface area contributed by atoms with Crippen LogP contribution in [0.2, 0.25) is 0 Å². The molecule has 1 aliphatic heterocycles. The van der Waals surface area contributed by atoms with Crippen LogP contribution in [0, 0.1) is 12.8 Å². The largest absolute Gasteiger partial charge is 0.357 e. The average Bonchev–Trinajstić information content (AvgIpc) is 2.72. The fourth-order valence-electron chi connectivity index (χ4n) is 3.91. The molecule has 1 atom stereocenters. The molecular formula is C22H30N4O3. The summed E-state index contributed by atoms with van der Waals surface area (Å²) in [6, 6.07) is 9.61. The summed E-state index contributed by atoms with van der Waals surface area (Å²) in [4.78, 5) is 39.5. The lowest BCUT2D eigenvalue weighted by Gasteiger charge is -2.35. The van der Waals surface area contributed by atoms with Gasteiger partial charge in [-0.05, 0) is 31.7 Å². The summed E-state index contributed by atoms with van der Waals surface area (Å²) in [5.74, 6) is 0.475. The molecule has 1 aromatic carbocycles. The number of piperidine rings is 1. The molecule has 3 rings (SSSR count). The summed E-state index contributed by atoms with van der Waals surface area (Å²) in [5.41, 5.74) is 1.62. The number of amides is 1. The zero-order valence-corrected chi connectivity index (χ0v) is 17.5. The molecule has 7 heteroatoms. The van der Waals surface area contributed by atoms with Gasteiger partial charge in [-0.25, -0.2) is 4.79 Å². The molecule has 7 nitrogen and oxygen atoms in total. The number of nitrogens with zero attached hydrogens (tertiary/aromatic N) is 3. The highest BCUT2D eigenvalue weighted by molar-refractivity contribution is 5.79. The maximum absolute atomic E-state index is 12.8. The molecule has 0 spiro atoms. The summed E-state index contributed by atoms with van der Waals surface area (Å²) in [7, 11) is 1.50. The Balaban J connectivity index is 1.74. The van der Waals surface area contributed by atoms with Gasteiger partial charge in [-0.2, -0.15) is 0 Å².